The van der Waals surface area contributed by atoms with E-state index in [0.29, 0.717) is 15.8 Å². The van der Waals surface area contributed by atoms with Gasteiger partial charge in [-0.2, -0.15) is 0 Å². The van der Waals surface area contributed by atoms with E-state index in [2.05, 4.69) is 12.2 Å². The third-order valence-electron chi connectivity index (χ3n) is 2.81. The summed E-state index contributed by atoms with van der Waals surface area (Å²) in [5.74, 6) is 0.706. The van der Waals surface area contributed by atoms with Crippen LogP contribution in [0.5, 0.6) is 5.75 Å². The predicted octanol–water partition coefficient (Wildman–Crippen LogP) is 3.51. The van der Waals surface area contributed by atoms with E-state index >= 15 is 0 Å². The first-order chi connectivity index (χ1) is 7.59. The molecule has 0 aliphatic carbocycles. The molecule has 1 N–H and O–H groups in total. The molecule has 1 aromatic rings. The van der Waals surface area contributed by atoms with Gasteiger partial charge in [0.2, 0.25) is 0 Å². The Morgan fingerprint density at radius 1 is 1.38 bits per heavy atom. The Labute approximate surface area is 106 Å². The minimum atomic E-state index is -0.171. The number of rotatable bonds is 2. The molecular formula is C12H15Cl2NO. The number of nitrogens with one attached hydrogen (secondary N) is 1. The van der Waals surface area contributed by atoms with Gasteiger partial charge in [-0.15, -0.1) is 0 Å². The fourth-order valence-corrected chi connectivity index (χ4v) is 2.39. The number of halogens is 2. The standard InChI is InChI=1S/C12H15Cl2NO/c1-12(5-2-6-15-8-12)16-11-4-3-9(13)7-10(11)14/h3-4,7,15H,2,5-6,8H2,1H3. The number of ether oxygens (including phenoxy) is 1. The summed E-state index contributed by atoms with van der Waals surface area (Å²) in [5.41, 5.74) is -0.171. The van der Waals surface area contributed by atoms with E-state index in [1.54, 1.807) is 12.1 Å². The molecule has 1 atom stereocenters. The number of hydrogen-bond acceptors (Lipinski definition) is 2. The van der Waals surface area contributed by atoms with E-state index in [4.69, 9.17) is 27.9 Å². The predicted molar refractivity (Wildman–Crippen MR) is 67.6 cm³/mol. The highest BCUT2D eigenvalue weighted by molar-refractivity contribution is 6.35. The highest BCUT2D eigenvalue weighted by Gasteiger charge is 2.29. The lowest BCUT2D eigenvalue weighted by molar-refractivity contribution is 0.0616. The van der Waals surface area contributed by atoms with Crippen molar-refractivity contribution in [2.45, 2.75) is 25.4 Å². The Morgan fingerprint density at radius 2 is 2.19 bits per heavy atom. The van der Waals surface area contributed by atoms with Crippen molar-refractivity contribution in [3.63, 3.8) is 0 Å². The van der Waals surface area contributed by atoms with Crippen molar-refractivity contribution in [3.8, 4) is 5.75 Å². The summed E-state index contributed by atoms with van der Waals surface area (Å²) in [5, 5.41) is 4.53. The normalized spacial score (nSPS) is 25.4. The molecule has 4 heteroatoms. The molecule has 1 heterocycles. The maximum Gasteiger partial charge on any atom is 0.138 e. The molecule has 1 aromatic carbocycles. The Kier molecular flexibility index (Phi) is 3.63. The van der Waals surface area contributed by atoms with Crippen LogP contribution in [0.3, 0.4) is 0 Å². The van der Waals surface area contributed by atoms with Gasteiger partial charge in [-0.25, -0.2) is 0 Å². The van der Waals surface area contributed by atoms with Crippen molar-refractivity contribution in [2.75, 3.05) is 13.1 Å². The van der Waals surface area contributed by atoms with E-state index in [0.717, 1.165) is 25.9 Å². The third kappa shape index (κ3) is 2.82. The fourth-order valence-electron chi connectivity index (χ4n) is 1.94. The highest BCUT2D eigenvalue weighted by atomic mass is 35.5. The molecule has 2 nitrogen and oxygen atoms in total. The second kappa shape index (κ2) is 4.82. The highest BCUT2D eigenvalue weighted by Crippen LogP contribution is 2.32. The van der Waals surface area contributed by atoms with Crippen molar-refractivity contribution in [2.24, 2.45) is 0 Å². The first kappa shape index (κ1) is 12.0. The number of hydrogen-bond donors (Lipinski definition) is 1. The molecule has 0 aromatic heterocycles. The minimum Gasteiger partial charge on any atom is -0.485 e. The molecule has 2 rings (SSSR count). The second-order valence-electron chi connectivity index (χ2n) is 4.41. The molecule has 1 aliphatic heterocycles. The monoisotopic (exact) mass is 259 g/mol. The average molecular weight is 260 g/mol. The van der Waals surface area contributed by atoms with Crippen LogP contribution in [0, 0.1) is 0 Å². The summed E-state index contributed by atoms with van der Waals surface area (Å²) in [6.07, 6.45) is 2.17. The molecule has 1 unspecified atom stereocenters. The number of piperidine rings is 1. The van der Waals surface area contributed by atoms with Crippen molar-refractivity contribution in [3.05, 3.63) is 28.2 Å². The van der Waals surface area contributed by atoms with Crippen LogP contribution in [0.15, 0.2) is 18.2 Å². The van der Waals surface area contributed by atoms with Crippen LogP contribution >= 0.6 is 23.2 Å². The van der Waals surface area contributed by atoms with Gasteiger partial charge in [-0.1, -0.05) is 23.2 Å². The van der Waals surface area contributed by atoms with Crippen LogP contribution < -0.4 is 10.1 Å². The number of benzene rings is 1. The molecular weight excluding hydrogens is 245 g/mol. The lowest BCUT2D eigenvalue weighted by atomic mass is 9.96. The smallest absolute Gasteiger partial charge is 0.138 e. The lowest BCUT2D eigenvalue weighted by Gasteiger charge is -2.35. The Bertz CT molecular complexity index is 375. The van der Waals surface area contributed by atoms with E-state index < -0.39 is 0 Å². The van der Waals surface area contributed by atoms with Gasteiger partial charge in [-0.3, -0.25) is 0 Å². The van der Waals surface area contributed by atoms with Gasteiger partial charge in [0.25, 0.3) is 0 Å². The molecule has 88 valence electrons. The quantitative estimate of drug-likeness (QED) is 0.878. The molecule has 0 saturated carbocycles. The molecule has 0 bridgehead atoms. The molecule has 0 spiro atoms. The largest absolute Gasteiger partial charge is 0.485 e. The Balaban J connectivity index is 2.13. The summed E-state index contributed by atoms with van der Waals surface area (Å²) < 4.78 is 5.98. The summed E-state index contributed by atoms with van der Waals surface area (Å²) in [4.78, 5) is 0. The first-order valence-electron chi connectivity index (χ1n) is 5.44. The zero-order chi connectivity index (χ0) is 11.6. The van der Waals surface area contributed by atoms with Gasteiger partial charge in [0.15, 0.2) is 0 Å². The van der Waals surface area contributed by atoms with Crippen molar-refractivity contribution in [1.82, 2.24) is 5.32 Å². The molecule has 16 heavy (non-hydrogen) atoms. The van der Waals surface area contributed by atoms with Crippen LogP contribution in [-0.4, -0.2) is 18.7 Å². The SMILES string of the molecule is CC1(Oc2ccc(Cl)cc2Cl)CCCNC1. The van der Waals surface area contributed by atoms with Gasteiger partial charge in [0.1, 0.15) is 11.4 Å². The fraction of sp³-hybridized carbons (Fsp3) is 0.500. The maximum absolute atomic E-state index is 6.08. The topological polar surface area (TPSA) is 21.3 Å². The average Bonchev–Trinajstić information content (AvgIpc) is 2.23. The minimum absolute atomic E-state index is 0.171. The van der Waals surface area contributed by atoms with Gasteiger partial charge >= 0.3 is 0 Å². The van der Waals surface area contributed by atoms with Crippen LogP contribution in [-0.2, 0) is 0 Å². The van der Waals surface area contributed by atoms with Crippen molar-refractivity contribution in [1.29, 1.82) is 0 Å². The van der Waals surface area contributed by atoms with Gasteiger partial charge in [-0.05, 0) is 44.5 Å². The van der Waals surface area contributed by atoms with E-state index in [1.165, 1.54) is 0 Å². The van der Waals surface area contributed by atoms with Gasteiger partial charge < -0.3 is 10.1 Å². The van der Waals surface area contributed by atoms with E-state index in [9.17, 15) is 0 Å². The molecule has 0 amide bonds. The van der Waals surface area contributed by atoms with E-state index in [1.807, 2.05) is 6.07 Å². The lowest BCUT2D eigenvalue weighted by Crippen LogP contribution is -2.47. The van der Waals surface area contributed by atoms with Crippen LogP contribution in [0.1, 0.15) is 19.8 Å². The second-order valence-corrected chi connectivity index (χ2v) is 5.25. The summed E-state index contributed by atoms with van der Waals surface area (Å²) in [6, 6.07) is 5.32. The van der Waals surface area contributed by atoms with Crippen LogP contribution in [0.25, 0.3) is 0 Å². The zero-order valence-corrected chi connectivity index (χ0v) is 10.7. The Morgan fingerprint density at radius 3 is 2.81 bits per heavy atom. The van der Waals surface area contributed by atoms with Crippen LogP contribution in [0.2, 0.25) is 10.0 Å². The molecule has 1 fully saturated rings. The summed E-state index contributed by atoms with van der Waals surface area (Å²) in [7, 11) is 0. The summed E-state index contributed by atoms with van der Waals surface area (Å²) >= 11 is 11.9. The van der Waals surface area contributed by atoms with Crippen molar-refractivity contribution >= 4 is 23.2 Å². The van der Waals surface area contributed by atoms with Crippen LogP contribution in [0.4, 0.5) is 0 Å². The zero-order valence-electron chi connectivity index (χ0n) is 9.22. The molecule has 0 radical (unpaired) electrons. The third-order valence-corrected chi connectivity index (χ3v) is 3.34. The van der Waals surface area contributed by atoms with E-state index in [-0.39, 0.29) is 5.60 Å². The van der Waals surface area contributed by atoms with Crippen molar-refractivity contribution < 1.29 is 4.74 Å². The summed E-state index contributed by atoms with van der Waals surface area (Å²) in [6.45, 7) is 4.02. The van der Waals surface area contributed by atoms with Gasteiger partial charge in [0, 0.05) is 11.6 Å². The van der Waals surface area contributed by atoms with Gasteiger partial charge in [0.05, 0.1) is 5.02 Å². The first-order valence-corrected chi connectivity index (χ1v) is 6.19. The molecule has 1 saturated heterocycles. The molecule has 1 aliphatic rings. The Hall–Kier alpha value is -0.440. The maximum atomic E-state index is 6.08.